The minimum Gasteiger partial charge on any atom is -0.356 e. The molecule has 0 bridgehead atoms. The van der Waals surface area contributed by atoms with Crippen LogP contribution in [0.1, 0.15) is 36.8 Å². The smallest absolute Gasteiger partial charge is 0.235 e. The van der Waals surface area contributed by atoms with E-state index >= 15 is 0 Å². The zero-order valence-electron chi connectivity index (χ0n) is 13.2. The van der Waals surface area contributed by atoms with Gasteiger partial charge in [-0.3, -0.25) is 4.31 Å². The number of rotatable bonds is 5. The lowest BCUT2D eigenvalue weighted by Crippen LogP contribution is -2.25. The van der Waals surface area contributed by atoms with Crippen molar-refractivity contribution < 1.29 is 8.42 Å². The normalized spacial score (nSPS) is 16.9. The highest BCUT2D eigenvalue weighted by Crippen LogP contribution is 2.26. The Kier molecular flexibility index (Phi) is 4.54. The van der Waals surface area contributed by atoms with Crippen molar-refractivity contribution in [3.63, 3.8) is 0 Å². The number of anilines is 2. The zero-order valence-corrected chi connectivity index (χ0v) is 14.8. The van der Waals surface area contributed by atoms with Crippen LogP contribution in [0.25, 0.3) is 0 Å². The fraction of sp³-hybridized carbons (Fsp3) is 0.467. The van der Waals surface area contributed by atoms with Gasteiger partial charge in [0.25, 0.3) is 0 Å². The third-order valence-electron chi connectivity index (χ3n) is 3.68. The highest BCUT2D eigenvalue weighted by Gasteiger charge is 2.28. The van der Waals surface area contributed by atoms with Crippen molar-refractivity contribution in [2.75, 3.05) is 21.9 Å². The predicted molar refractivity (Wildman–Crippen MR) is 93.5 cm³/mol. The number of hydrogen-bond acceptors (Lipinski definition) is 6. The van der Waals surface area contributed by atoms with Crippen molar-refractivity contribution in [3.05, 3.63) is 34.8 Å². The number of aromatic nitrogens is 2. The second-order valence-corrected chi connectivity index (χ2v) is 8.89. The molecule has 124 valence electrons. The number of nitrogens with zero attached hydrogens (tertiary/aromatic N) is 3. The lowest BCUT2D eigenvalue weighted by atomic mass is 10.2. The van der Waals surface area contributed by atoms with E-state index in [1.807, 2.05) is 24.3 Å². The standard InChI is InChI=1S/C15H20N4O2S2/c1-11(2)14-17-18-15(22-14)16-10-12-5-3-6-13(9-12)19-7-4-8-23(19,20)21/h3,5-6,9,11H,4,7-8,10H2,1-2H3,(H,16,18). The molecule has 8 heteroatoms. The summed E-state index contributed by atoms with van der Waals surface area (Å²) in [5.41, 5.74) is 1.76. The van der Waals surface area contributed by atoms with Crippen molar-refractivity contribution in [1.82, 2.24) is 10.2 Å². The molecule has 1 aromatic carbocycles. The van der Waals surface area contributed by atoms with Gasteiger partial charge in [-0.05, 0) is 24.1 Å². The van der Waals surface area contributed by atoms with Gasteiger partial charge >= 0.3 is 0 Å². The Morgan fingerprint density at radius 1 is 1.35 bits per heavy atom. The quantitative estimate of drug-likeness (QED) is 0.895. The molecule has 1 fully saturated rings. The molecular weight excluding hydrogens is 332 g/mol. The van der Waals surface area contributed by atoms with Crippen LogP contribution in [0.4, 0.5) is 10.8 Å². The van der Waals surface area contributed by atoms with E-state index in [4.69, 9.17) is 0 Å². The third kappa shape index (κ3) is 3.64. The molecule has 0 atom stereocenters. The van der Waals surface area contributed by atoms with Crippen LogP contribution in [0, 0.1) is 0 Å². The average Bonchev–Trinajstić information content (AvgIpc) is 3.11. The summed E-state index contributed by atoms with van der Waals surface area (Å²) in [6.45, 7) is 5.33. The van der Waals surface area contributed by atoms with Gasteiger partial charge in [0.05, 0.1) is 11.4 Å². The van der Waals surface area contributed by atoms with Crippen molar-refractivity contribution in [2.45, 2.75) is 32.7 Å². The van der Waals surface area contributed by atoms with Crippen LogP contribution in [-0.4, -0.2) is 30.9 Å². The van der Waals surface area contributed by atoms with Crippen molar-refractivity contribution in [3.8, 4) is 0 Å². The molecule has 1 saturated heterocycles. The third-order valence-corrected chi connectivity index (χ3v) is 6.73. The summed E-state index contributed by atoms with van der Waals surface area (Å²) < 4.78 is 25.5. The predicted octanol–water partition coefficient (Wildman–Crippen LogP) is 2.81. The lowest BCUT2D eigenvalue weighted by molar-refractivity contribution is 0.599. The Morgan fingerprint density at radius 3 is 2.83 bits per heavy atom. The summed E-state index contributed by atoms with van der Waals surface area (Å²) in [5.74, 6) is 0.602. The SMILES string of the molecule is CC(C)c1nnc(NCc2cccc(N3CCCS3(=O)=O)c2)s1. The zero-order chi connectivity index (χ0) is 16.4. The van der Waals surface area contributed by atoms with Gasteiger partial charge in [0, 0.05) is 19.0 Å². The molecule has 0 spiro atoms. The molecule has 3 rings (SSSR count). The molecule has 6 nitrogen and oxygen atoms in total. The number of nitrogens with one attached hydrogen (secondary N) is 1. The van der Waals surface area contributed by atoms with Gasteiger partial charge in [-0.1, -0.05) is 37.3 Å². The molecule has 0 aliphatic carbocycles. The van der Waals surface area contributed by atoms with Crippen LogP contribution < -0.4 is 9.62 Å². The van der Waals surface area contributed by atoms with E-state index in [0.29, 0.717) is 25.4 Å². The molecular formula is C15H20N4O2S2. The fourth-order valence-corrected chi connectivity index (χ4v) is 4.77. The summed E-state index contributed by atoms with van der Waals surface area (Å²) in [6.07, 6.45) is 0.688. The maximum atomic E-state index is 12.0. The largest absolute Gasteiger partial charge is 0.356 e. The number of sulfonamides is 1. The van der Waals surface area contributed by atoms with Gasteiger partial charge in [-0.15, -0.1) is 10.2 Å². The topological polar surface area (TPSA) is 75.2 Å². The molecule has 1 N–H and O–H groups in total. The first-order valence-electron chi connectivity index (χ1n) is 7.62. The van der Waals surface area contributed by atoms with Crippen LogP contribution in [0.2, 0.25) is 0 Å². The maximum absolute atomic E-state index is 12.0. The Balaban J connectivity index is 1.70. The van der Waals surface area contributed by atoms with E-state index in [1.54, 1.807) is 11.3 Å². The van der Waals surface area contributed by atoms with Crippen LogP contribution in [-0.2, 0) is 16.6 Å². The average molecular weight is 352 g/mol. The minimum absolute atomic E-state index is 0.234. The van der Waals surface area contributed by atoms with Crippen LogP contribution in [0.3, 0.4) is 0 Å². The van der Waals surface area contributed by atoms with E-state index in [0.717, 1.165) is 21.4 Å². The van der Waals surface area contributed by atoms with Gasteiger partial charge in [0.2, 0.25) is 15.2 Å². The molecule has 1 aliphatic heterocycles. The van der Waals surface area contributed by atoms with E-state index in [2.05, 4.69) is 29.4 Å². The molecule has 2 heterocycles. The lowest BCUT2D eigenvalue weighted by Gasteiger charge is -2.17. The Hall–Kier alpha value is -1.67. The first-order chi connectivity index (χ1) is 11.0. The molecule has 1 aliphatic rings. The monoisotopic (exact) mass is 352 g/mol. The van der Waals surface area contributed by atoms with Crippen LogP contribution >= 0.6 is 11.3 Å². The van der Waals surface area contributed by atoms with Crippen LogP contribution in [0.15, 0.2) is 24.3 Å². The molecule has 0 unspecified atom stereocenters. The van der Waals surface area contributed by atoms with Crippen LogP contribution in [0.5, 0.6) is 0 Å². The fourth-order valence-electron chi connectivity index (χ4n) is 2.47. The highest BCUT2D eigenvalue weighted by atomic mass is 32.2. The second-order valence-electron chi connectivity index (χ2n) is 5.87. The Morgan fingerprint density at radius 2 is 2.17 bits per heavy atom. The molecule has 1 aromatic heterocycles. The van der Waals surface area contributed by atoms with E-state index in [9.17, 15) is 8.42 Å². The molecule has 23 heavy (non-hydrogen) atoms. The highest BCUT2D eigenvalue weighted by molar-refractivity contribution is 7.93. The van der Waals surface area contributed by atoms with Gasteiger partial charge in [0.15, 0.2) is 0 Å². The summed E-state index contributed by atoms with van der Waals surface area (Å²) in [5, 5.41) is 13.3. The van der Waals surface area contributed by atoms with Crippen molar-refractivity contribution in [2.24, 2.45) is 0 Å². The van der Waals surface area contributed by atoms with Gasteiger partial charge < -0.3 is 5.32 Å². The number of benzene rings is 1. The van der Waals surface area contributed by atoms with Gasteiger partial charge in [-0.25, -0.2) is 8.42 Å². The second kappa shape index (κ2) is 6.45. The number of hydrogen-bond donors (Lipinski definition) is 1. The summed E-state index contributed by atoms with van der Waals surface area (Å²) in [7, 11) is -3.14. The molecule has 0 saturated carbocycles. The van der Waals surface area contributed by atoms with Crippen molar-refractivity contribution in [1.29, 1.82) is 0 Å². The van der Waals surface area contributed by atoms with Gasteiger partial charge in [-0.2, -0.15) is 0 Å². The summed E-state index contributed by atoms with van der Waals surface area (Å²) >= 11 is 1.55. The first-order valence-corrected chi connectivity index (χ1v) is 10.0. The van der Waals surface area contributed by atoms with E-state index < -0.39 is 10.0 Å². The Labute approximate surface area is 140 Å². The Bertz CT molecular complexity index is 786. The molecule has 0 amide bonds. The maximum Gasteiger partial charge on any atom is 0.235 e. The summed E-state index contributed by atoms with van der Waals surface area (Å²) in [6, 6.07) is 7.62. The summed E-state index contributed by atoms with van der Waals surface area (Å²) in [4.78, 5) is 0. The minimum atomic E-state index is -3.14. The van der Waals surface area contributed by atoms with Gasteiger partial charge in [0.1, 0.15) is 5.01 Å². The van der Waals surface area contributed by atoms with E-state index in [1.165, 1.54) is 4.31 Å². The first kappa shape index (κ1) is 16.2. The van der Waals surface area contributed by atoms with Crippen molar-refractivity contribution >= 4 is 32.2 Å². The van der Waals surface area contributed by atoms with E-state index in [-0.39, 0.29) is 5.75 Å². The molecule has 0 radical (unpaired) electrons. The molecule has 2 aromatic rings.